The molecule has 1 amide bonds. The molecule has 1 aliphatic heterocycles. The van der Waals surface area contributed by atoms with E-state index in [4.69, 9.17) is 4.42 Å². The molecule has 0 bridgehead atoms. The molecule has 1 N–H and O–H groups in total. The normalized spacial score (nSPS) is 18.7. The Labute approximate surface area is 130 Å². The van der Waals surface area contributed by atoms with Crippen LogP contribution in [-0.4, -0.2) is 53.8 Å². The van der Waals surface area contributed by atoms with Crippen molar-refractivity contribution in [2.75, 3.05) is 27.2 Å². The number of aryl methyl sites for hydroxylation is 1. The van der Waals surface area contributed by atoms with Crippen molar-refractivity contribution < 1.29 is 19.1 Å². The zero-order chi connectivity index (χ0) is 16.4. The smallest absolute Gasteiger partial charge is 0.290 e. The van der Waals surface area contributed by atoms with Crippen molar-refractivity contribution in [1.82, 2.24) is 9.80 Å². The van der Waals surface area contributed by atoms with Gasteiger partial charge in [-0.15, -0.1) is 0 Å². The highest BCUT2D eigenvalue weighted by molar-refractivity contribution is 6.08. The van der Waals surface area contributed by atoms with Crippen LogP contribution in [0.3, 0.4) is 0 Å². The third-order valence-corrected chi connectivity index (χ3v) is 3.74. The van der Waals surface area contributed by atoms with Gasteiger partial charge in [-0.2, -0.15) is 0 Å². The molecule has 120 valence electrons. The number of aliphatic hydroxyl groups excluding tert-OH is 1. The number of ketones is 1. The molecule has 2 heterocycles. The van der Waals surface area contributed by atoms with E-state index in [2.05, 4.69) is 0 Å². The Kier molecular flexibility index (Phi) is 4.71. The Bertz CT molecular complexity index is 615. The van der Waals surface area contributed by atoms with Crippen LogP contribution >= 0.6 is 0 Å². The molecule has 0 aromatic carbocycles. The fourth-order valence-corrected chi connectivity index (χ4v) is 2.56. The SMILES string of the molecule is CCC(=O)C1=C(O)C(=O)N(CCN(C)C)C1c1ccc(C)o1. The molecule has 6 nitrogen and oxygen atoms in total. The van der Waals surface area contributed by atoms with Crippen molar-refractivity contribution >= 4 is 11.7 Å². The van der Waals surface area contributed by atoms with Gasteiger partial charge in [0.1, 0.15) is 17.6 Å². The molecule has 0 saturated carbocycles. The van der Waals surface area contributed by atoms with E-state index in [0.29, 0.717) is 24.6 Å². The third kappa shape index (κ3) is 2.92. The van der Waals surface area contributed by atoms with Gasteiger partial charge in [-0.1, -0.05) is 6.92 Å². The van der Waals surface area contributed by atoms with Gasteiger partial charge in [-0.25, -0.2) is 0 Å². The lowest BCUT2D eigenvalue weighted by molar-refractivity contribution is -0.129. The van der Waals surface area contributed by atoms with Gasteiger partial charge in [-0.3, -0.25) is 9.59 Å². The number of aliphatic hydroxyl groups is 1. The topological polar surface area (TPSA) is 74.0 Å². The Morgan fingerprint density at radius 2 is 2.09 bits per heavy atom. The maximum atomic E-state index is 12.3. The second kappa shape index (κ2) is 6.36. The number of hydrogen-bond acceptors (Lipinski definition) is 5. The zero-order valence-corrected chi connectivity index (χ0v) is 13.4. The van der Waals surface area contributed by atoms with Crippen molar-refractivity contribution in [3.05, 3.63) is 35.0 Å². The summed E-state index contributed by atoms with van der Waals surface area (Å²) in [5.74, 6) is -0.00484. The monoisotopic (exact) mass is 306 g/mol. The first-order valence-electron chi connectivity index (χ1n) is 7.35. The first-order valence-corrected chi connectivity index (χ1v) is 7.35. The number of carbonyl (C=O) groups is 2. The van der Waals surface area contributed by atoms with Gasteiger partial charge < -0.3 is 19.3 Å². The predicted molar refractivity (Wildman–Crippen MR) is 81.4 cm³/mol. The number of likely N-dealkylation sites (N-methyl/N-ethyl adjacent to an activating group) is 1. The van der Waals surface area contributed by atoms with Gasteiger partial charge in [0.05, 0.1) is 5.57 Å². The highest BCUT2D eigenvalue weighted by atomic mass is 16.3. The predicted octanol–water partition coefficient (Wildman–Crippen LogP) is 1.82. The summed E-state index contributed by atoms with van der Waals surface area (Å²) < 4.78 is 5.62. The largest absolute Gasteiger partial charge is 0.503 e. The molecule has 2 rings (SSSR count). The minimum Gasteiger partial charge on any atom is -0.503 e. The van der Waals surface area contributed by atoms with E-state index in [-0.39, 0.29) is 17.8 Å². The molecule has 0 saturated heterocycles. The number of amides is 1. The quantitative estimate of drug-likeness (QED) is 0.868. The van der Waals surface area contributed by atoms with E-state index < -0.39 is 17.7 Å². The van der Waals surface area contributed by atoms with Gasteiger partial charge in [0.2, 0.25) is 0 Å². The van der Waals surface area contributed by atoms with Crippen LogP contribution in [0.15, 0.2) is 27.9 Å². The number of rotatable bonds is 6. The van der Waals surface area contributed by atoms with Crippen LogP contribution in [0.25, 0.3) is 0 Å². The molecule has 1 unspecified atom stereocenters. The Hall–Kier alpha value is -2.08. The van der Waals surface area contributed by atoms with Crippen LogP contribution < -0.4 is 0 Å². The molecular weight excluding hydrogens is 284 g/mol. The Morgan fingerprint density at radius 1 is 1.41 bits per heavy atom. The molecule has 6 heteroatoms. The lowest BCUT2D eigenvalue weighted by atomic mass is 10.00. The second-order valence-electron chi connectivity index (χ2n) is 5.69. The maximum absolute atomic E-state index is 12.3. The lowest BCUT2D eigenvalue weighted by Gasteiger charge is -2.26. The maximum Gasteiger partial charge on any atom is 0.290 e. The van der Waals surface area contributed by atoms with Crippen molar-refractivity contribution in [2.45, 2.75) is 26.3 Å². The molecule has 1 aliphatic rings. The molecule has 0 aliphatic carbocycles. The average Bonchev–Trinajstić information content (AvgIpc) is 2.99. The van der Waals surface area contributed by atoms with Crippen LogP contribution in [-0.2, 0) is 9.59 Å². The summed E-state index contributed by atoms with van der Waals surface area (Å²) in [6.07, 6.45) is 0.227. The van der Waals surface area contributed by atoms with Gasteiger partial charge in [0.25, 0.3) is 5.91 Å². The number of hydrogen-bond donors (Lipinski definition) is 1. The average molecular weight is 306 g/mol. The molecule has 0 fully saturated rings. The summed E-state index contributed by atoms with van der Waals surface area (Å²) >= 11 is 0. The number of carbonyl (C=O) groups excluding carboxylic acids is 2. The number of nitrogens with zero attached hydrogens (tertiary/aromatic N) is 2. The van der Waals surface area contributed by atoms with Gasteiger partial charge in [-0.05, 0) is 33.2 Å². The second-order valence-corrected chi connectivity index (χ2v) is 5.69. The van der Waals surface area contributed by atoms with E-state index in [1.807, 2.05) is 19.0 Å². The van der Waals surface area contributed by atoms with Gasteiger partial charge >= 0.3 is 0 Å². The summed E-state index contributed by atoms with van der Waals surface area (Å²) in [7, 11) is 3.80. The van der Waals surface area contributed by atoms with Crippen molar-refractivity contribution in [1.29, 1.82) is 0 Å². The molecule has 0 radical (unpaired) electrons. The standard InChI is InChI=1S/C16H22N2O4/c1-5-11(19)13-14(12-7-6-10(2)22-12)18(9-8-17(3)4)16(21)15(13)20/h6-7,14,20H,5,8-9H2,1-4H3. The Morgan fingerprint density at radius 3 is 2.59 bits per heavy atom. The molecule has 22 heavy (non-hydrogen) atoms. The van der Waals surface area contributed by atoms with E-state index in [1.165, 1.54) is 4.90 Å². The summed E-state index contributed by atoms with van der Waals surface area (Å²) in [5, 5.41) is 10.1. The van der Waals surface area contributed by atoms with E-state index >= 15 is 0 Å². The fourth-order valence-electron chi connectivity index (χ4n) is 2.56. The minimum atomic E-state index is -0.645. The lowest BCUT2D eigenvalue weighted by Crippen LogP contribution is -2.36. The summed E-state index contributed by atoms with van der Waals surface area (Å²) in [6, 6.07) is 2.89. The van der Waals surface area contributed by atoms with Crippen LogP contribution in [0.1, 0.15) is 30.9 Å². The van der Waals surface area contributed by atoms with Crippen LogP contribution in [0.5, 0.6) is 0 Å². The van der Waals surface area contributed by atoms with Crippen LogP contribution in [0.2, 0.25) is 0 Å². The zero-order valence-electron chi connectivity index (χ0n) is 13.4. The fraction of sp³-hybridized carbons (Fsp3) is 0.500. The van der Waals surface area contributed by atoms with E-state index in [0.717, 1.165) is 0 Å². The molecule has 1 atom stereocenters. The third-order valence-electron chi connectivity index (χ3n) is 3.74. The van der Waals surface area contributed by atoms with Crippen molar-refractivity contribution in [2.24, 2.45) is 0 Å². The van der Waals surface area contributed by atoms with Crippen molar-refractivity contribution in [3.63, 3.8) is 0 Å². The summed E-state index contributed by atoms with van der Waals surface area (Å²) in [6.45, 7) is 4.54. The molecule has 1 aromatic heterocycles. The first-order chi connectivity index (χ1) is 10.4. The molecule has 0 spiro atoms. The van der Waals surface area contributed by atoms with E-state index in [1.54, 1.807) is 26.0 Å². The minimum absolute atomic E-state index is 0.139. The van der Waals surface area contributed by atoms with Crippen molar-refractivity contribution in [3.8, 4) is 0 Å². The molecule has 1 aromatic rings. The number of furan rings is 1. The van der Waals surface area contributed by atoms with Crippen LogP contribution in [0, 0.1) is 6.92 Å². The first kappa shape index (κ1) is 16.3. The van der Waals surface area contributed by atoms with Gasteiger partial charge in [0.15, 0.2) is 11.5 Å². The number of Topliss-reactive ketones (excluding diaryl/α,β-unsaturated/α-hetero) is 1. The summed E-state index contributed by atoms with van der Waals surface area (Å²) in [5.41, 5.74) is 0.139. The molecular formula is C16H22N2O4. The van der Waals surface area contributed by atoms with Gasteiger partial charge in [0, 0.05) is 19.5 Å². The summed E-state index contributed by atoms with van der Waals surface area (Å²) in [4.78, 5) is 28.0. The Balaban J connectivity index is 2.42. The highest BCUT2D eigenvalue weighted by Gasteiger charge is 2.44. The van der Waals surface area contributed by atoms with E-state index in [9.17, 15) is 14.7 Å². The van der Waals surface area contributed by atoms with Crippen LogP contribution in [0.4, 0.5) is 0 Å². The highest BCUT2D eigenvalue weighted by Crippen LogP contribution is 2.38.